The molecular weight excluding hydrogens is 274 g/mol. The average Bonchev–Trinajstić information content (AvgIpc) is 2.97. The number of thiophene rings is 1. The number of hydrogen-bond donors (Lipinski definition) is 1. The lowest BCUT2D eigenvalue weighted by Gasteiger charge is -2.15. The monoisotopic (exact) mass is 301 g/mol. The first-order chi connectivity index (χ1) is 10.3. The molecule has 1 aromatic heterocycles. The number of benzene rings is 1. The molecule has 0 aliphatic rings. The second kappa shape index (κ2) is 8.35. The van der Waals surface area contributed by atoms with Crippen molar-refractivity contribution >= 4 is 11.3 Å². The van der Waals surface area contributed by atoms with E-state index in [1.54, 1.807) is 0 Å². The molecule has 0 aliphatic heterocycles. The molecule has 1 heterocycles. The van der Waals surface area contributed by atoms with Gasteiger partial charge in [-0.2, -0.15) is 0 Å². The zero-order valence-corrected chi connectivity index (χ0v) is 14.3. The third kappa shape index (κ3) is 4.18. The van der Waals surface area contributed by atoms with E-state index in [2.05, 4.69) is 62.5 Å². The molecule has 0 saturated carbocycles. The van der Waals surface area contributed by atoms with Gasteiger partial charge in [0.05, 0.1) is 0 Å². The van der Waals surface area contributed by atoms with E-state index < -0.39 is 0 Å². The zero-order chi connectivity index (χ0) is 15.1. The van der Waals surface area contributed by atoms with Gasteiger partial charge in [0, 0.05) is 15.8 Å². The van der Waals surface area contributed by atoms with Gasteiger partial charge >= 0.3 is 0 Å². The zero-order valence-electron chi connectivity index (χ0n) is 13.5. The van der Waals surface area contributed by atoms with Crippen LogP contribution in [0, 0.1) is 0 Å². The molecule has 1 nitrogen and oxygen atoms in total. The molecule has 1 aromatic carbocycles. The van der Waals surface area contributed by atoms with Gasteiger partial charge < -0.3 is 5.32 Å². The summed E-state index contributed by atoms with van der Waals surface area (Å²) >= 11 is 1.95. The highest BCUT2D eigenvalue weighted by atomic mass is 32.1. The van der Waals surface area contributed by atoms with Crippen LogP contribution >= 0.6 is 11.3 Å². The van der Waals surface area contributed by atoms with Crippen LogP contribution in [0.5, 0.6) is 0 Å². The Bertz CT molecular complexity index is 538. The molecule has 0 spiro atoms. The molecule has 21 heavy (non-hydrogen) atoms. The highest BCUT2D eigenvalue weighted by Crippen LogP contribution is 2.35. The Morgan fingerprint density at radius 3 is 2.52 bits per heavy atom. The van der Waals surface area contributed by atoms with E-state index in [-0.39, 0.29) is 0 Å². The predicted octanol–water partition coefficient (Wildman–Crippen LogP) is 5.82. The van der Waals surface area contributed by atoms with Gasteiger partial charge in [0.25, 0.3) is 0 Å². The normalized spacial score (nSPS) is 12.5. The maximum absolute atomic E-state index is 3.61. The quantitative estimate of drug-likeness (QED) is 0.648. The van der Waals surface area contributed by atoms with E-state index in [9.17, 15) is 0 Å². The van der Waals surface area contributed by atoms with Crippen molar-refractivity contribution < 1.29 is 0 Å². The van der Waals surface area contributed by atoms with E-state index in [0.717, 1.165) is 13.0 Å². The van der Waals surface area contributed by atoms with E-state index in [1.165, 1.54) is 40.1 Å². The molecule has 1 atom stereocenters. The molecule has 0 fully saturated rings. The fourth-order valence-corrected chi connectivity index (χ4v) is 3.99. The van der Waals surface area contributed by atoms with Crippen LogP contribution in [0.25, 0.3) is 10.4 Å². The van der Waals surface area contributed by atoms with Gasteiger partial charge in [0.1, 0.15) is 0 Å². The van der Waals surface area contributed by atoms with E-state index in [1.807, 2.05) is 11.3 Å². The predicted molar refractivity (Wildman–Crippen MR) is 95.1 cm³/mol. The van der Waals surface area contributed by atoms with Gasteiger partial charge in [-0.3, -0.25) is 0 Å². The third-order valence-corrected chi connectivity index (χ3v) is 5.03. The SMILES string of the molecule is CCCc1ccccc1-c1ccc(C(CCC)NCC)s1. The standard InChI is InChI=1S/C19H27NS/c1-4-9-15-11-7-8-12-16(15)18-13-14-19(21-18)17(10-5-2)20-6-3/h7-8,11-14,17,20H,4-6,9-10H2,1-3H3. The van der Waals surface area contributed by atoms with Crippen LogP contribution in [0.3, 0.4) is 0 Å². The smallest absolute Gasteiger partial charge is 0.0414 e. The highest BCUT2D eigenvalue weighted by molar-refractivity contribution is 7.15. The minimum absolute atomic E-state index is 0.511. The van der Waals surface area contributed by atoms with Crippen LogP contribution in [-0.2, 0) is 6.42 Å². The summed E-state index contributed by atoms with van der Waals surface area (Å²) < 4.78 is 0. The number of aryl methyl sites for hydroxylation is 1. The summed E-state index contributed by atoms with van der Waals surface area (Å²) in [4.78, 5) is 2.88. The summed E-state index contributed by atoms with van der Waals surface area (Å²) in [5.74, 6) is 0. The Morgan fingerprint density at radius 1 is 1.00 bits per heavy atom. The van der Waals surface area contributed by atoms with Crippen LogP contribution in [-0.4, -0.2) is 6.54 Å². The molecule has 1 N–H and O–H groups in total. The van der Waals surface area contributed by atoms with Gasteiger partial charge in [-0.05, 0) is 42.6 Å². The van der Waals surface area contributed by atoms with Gasteiger partial charge in [0.2, 0.25) is 0 Å². The maximum Gasteiger partial charge on any atom is 0.0414 e. The van der Waals surface area contributed by atoms with Crippen molar-refractivity contribution in [3.05, 3.63) is 46.8 Å². The van der Waals surface area contributed by atoms with E-state index in [0.29, 0.717) is 6.04 Å². The minimum Gasteiger partial charge on any atom is -0.310 e. The summed E-state index contributed by atoms with van der Waals surface area (Å²) in [5.41, 5.74) is 2.89. The summed E-state index contributed by atoms with van der Waals surface area (Å²) in [6.45, 7) is 7.73. The second-order valence-electron chi connectivity index (χ2n) is 5.51. The van der Waals surface area contributed by atoms with Crippen molar-refractivity contribution in [2.45, 2.75) is 52.5 Å². The Morgan fingerprint density at radius 2 is 1.81 bits per heavy atom. The lowest BCUT2D eigenvalue weighted by atomic mass is 10.0. The van der Waals surface area contributed by atoms with E-state index >= 15 is 0 Å². The first-order valence-corrected chi connectivity index (χ1v) is 9.03. The van der Waals surface area contributed by atoms with E-state index in [4.69, 9.17) is 0 Å². The highest BCUT2D eigenvalue weighted by Gasteiger charge is 2.13. The third-order valence-electron chi connectivity index (χ3n) is 3.80. The van der Waals surface area contributed by atoms with Crippen molar-refractivity contribution in [1.82, 2.24) is 5.32 Å². The number of nitrogens with one attached hydrogen (secondary N) is 1. The van der Waals surface area contributed by atoms with Crippen molar-refractivity contribution in [2.75, 3.05) is 6.54 Å². The molecule has 2 heteroatoms. The van der Waals surface area contributed by atoms with Crippen LogP contribution in [0.2, 0.25) is 0 Å². The van der Waals surface area contributed by atoms with Gasteiger partial charge in [-0.1, -0.05) is 57.9 Å². The molecular formula is C19H27NS. The molecule has 2 rings (SSSR count). The maximum atomic E-state index is 3.61. The number of rotatable bonds is 8. The summed E-state index contributed by atoms with van der Waals surface area (Å²) in [6, 6.07) is 14.0. The fraction of sp³-hybridized carbons (Fsp3) is 0.474. The van der Waals surface area contributed by atoms with Crippen LogP contribution < -0.4 is 5.32 Å². The molecule has 1 unspecified atom stereocenters. The van der Waals surface area contributed by atoms with Crippen LogP contribution in [0.15, 0.2) is 36.4 Å². The molecule has 0 aliphatic carbocycles. The topological polar surface area (TPSA) is 12.0 Å². The fourth-order valence-electron chi connectivity index (χ4n) is 2.81. The summed E-state index contributed by atoms with van der Waals surface area (Å²) in [7, 11) is 0. The molecule has 114 valence electrons. The Balaban J connectivity index is 2.26. The first-order valence-electron chi connectivity index (χ1n) is 8.21. The Labute approximate surface area is 133 Å². The van der Waals surface area contributed by atoms with Gasteiger partial charge in [-0.15, -0.1) is 11.3 Å². The molecule has 0 radical (unpaired) electrons. The van der Waals surface area contributed by atoms with Gasteiger partial charge in [0.15, 0.2) is 0 Å². The van der Waals surface area contributed by atoms with Crippen molar-refractivity contribution in [1.29, 1.82) is 0 Å². The number of hydrogen-bond acceptors (Lipinski definition) is 2. The largest absolute Gasteiger partial charge is 0.310 e. The summed E-state index contributed by atoms with van der Waals surface area (Å²) in [5, 5.41) is 3.61. The van der Waals surface area contributed by atoms with Crippen molar-refractivity contribution in [3.63, 3.8) is 0 Å². The second-order valence-corrected chi connectivity index (χ2v) is 6.62. The lowest BCUT2D eigenvalue weighted by Crippen LogP contribution is -2.19. The lowest BCUT2D eigenvalue weighted by molar-refractivity contribution is 0.516. The first kappa shape index (κ1) is 16.3. The molecule has 0 bridgehead atoms. The van der Waals surface area contributed by atoms with Crippen molar-refractivity contribution in [2.24, 2.45) is 0 Å². The molecule has 0 saturated heterocycles. The Hall–Kier alpha value is -1.12. The summed E-state index contributed by atoms with van der Waals surface area (Å²) in [6.07, 6.45) is 4.79. The van der Waals surface area contributed by atoms with Crippen LogP contribution in [0.1, 0.15) is 56.5 Å². The Kier molecular flexibility index (Phi) is 6.47. The minimum atomic E-state index is 0.511. The molecule has 2 aromatic rings. The van der Waals surface area contributed by atoms with Crippen molar-refractivity contribution in [3.8, 4) is 10.4 Å². The van der Waals surface area contributed by atoms with Gasteiger partial charge in [-0.25, -0.2) is 0 Å². The average molecular weight is 301 g/mol. The molecule has 0 amide bonds. The van der Waals surface area contributed by atoms with Crippen LogP contribution in [0.4, 0.5) is 0 Å².